The van der Waals surface area contributed by atoms with Crippen LogP contribution in [-0.4, -0.2) is 45.4 Å². The lowest BCUT2D eigenvalue weighted by atomic mass is 10.2. The molecule has 1 aromatic carbocycles. The molecule has 1 N–H and O–H groups in total. The lowest BCUT2D eigenvalue weighted by Gasteiger charge is -2.27. The molecule has 166 valence electrons. The van der Waals surface area contributed by atoms with Crippen molar-refractivity contribution in [3.63, 3.8) is 0 Å². The van der Waals surface area contributed by atoms with Crippen LogP contribution in [0.25, 0.3) is 0 Å². The fourth-order valence-electron chi connectivity index (χ4n) is 3.22. The summed E-state index contributed by atoms with van der Waals surface area (Å²) in [6, 6.07) is 7.59. The maximum atomic E-state index is 13.0. The molecular weight excluding hydrogens is 409 g/mol. The molecule has 1 fully saturated rings. The largest absolute Gasteiger partial charge is 0.416 e. The van der Waals surface area contributed by atoms with Crippen molar-refractivity contribution in [2.24, 2.45) is 7.05 Å². The van der Waals surface area contributed by atoms with Crippen LogP contribution in [0.2, 0.25) is 0 Å². The van der Waals surface area contributed by atoms with Gasteiger partial charge in [-0.25, -0.2) is 4.79 Å². The maximum Gasteiger partial charge on any atom is 0.416 e. The van der Waals surface area contributed by atoms with Crippen molar-refractivity contribution >= 4 is 17.6 Å². The van der Waals surface area contributed by atoms with Crippen LogP contribution < -0.4 is 5.32 Å². The SMILES string of the molecule is C=CCN(CC(=O)N(Cc1cccn1C)C1CC1)C(=O)Nc1ccc(C(F)(F)F)cc1. The van der Waals surface area contributed by atoms with E-state index in [0.29, 0.717) is 6.54 Å². The van der Waals surface area contributed by atoms with Crippen molar-refractivity contribution in [1.29, 1.82) is 0 Å². The molecule has 1 saturated carbocycles. The van der Waals surface area contributed by atoms with Crippen molar-refractivity contribution in [3.8, 4) is 0 Å². The van der Waals surface area contributed by atoms with Gasteiger partial charge in [-0.05, 0) is 49.2 Å². The average molecular weight is 434 g/mol. The number of benzene rings is 1. The Morgan fingerprint density at radius 1 is 1.23 bits per heavy atom. The van der Waals surface area contributed by atoms with Gasteiger partial charge in [0.1, 0.15) is 6.54 Å². The van der Waals surface area contributed by atoms with Gasteiger partial charge in [-0.3, -0.25) is 4.79 Å². The van der Waals surface area contributed by atoms with E-state index in [4.69, 9.17) is 0 Å². The van der Waals surface area contributed by atoms with E-state index in [1.807, 2.05) is 29.9 Å². The van der Waals surface area contributed by atoms with Gasteiger partial charge in [0.05, 0.1) is 12.1 Å². The van der Waals surface area contributed by atoms with E-state index in [9.17, 15) is 22.8 Å². The van der Waals surface area contributed by atoms with Gasteiger partial charge in [0.15, 0.2) is 0 Å². The predicted molar refractivity (Wildman–Crippen MR) is 111 cm³/mol. The highest BCUT2D eigenvalue weighted by molar-refractivity contribution is 5.92. The molecular formula is C22H25F3N4O2. The van der Waals surface area contributed by atoms with Crippen molar-refractivity contribution in [3.05, 3.63) is 66.5 Å². The summed E-state index contributed by atoms with van der Waals surface area (Å²) in [5.41, 5.74) is 0.400. The minimum absolute atomic E-state index is 0.126. The Kier molecular flexibility index (Phi) is 6.72. The van der Waals surface area contributed by atoms with Gasteiger partial charge in [0, 0.05) is 37.2 Å². The Labute approximate surface area is 178 Å². The summed E-state index contributed by atoms with van der Waals surface area (Å²) in [6.45, 7) is 4.05. The topological polar surface area (TPSA) is 57.6 Å². The van der Waals surface area contributed by atoms with Crippen LogP contribution >= 0.6 is 0 Å². The number of carbonyl (C=O) groups excluding carboxylic acids is 2. The van der Waals surface area contributed by atoms with Crippen LogP contribution in [0.1, 0.15) is 24.1 Å². The zero-order chi connectivity index (χ0) is 22.6. The maximum absolute atomic E-state index is 13.0. The lowest BCUT2D eigenvalue weighted by Crippen LogP contribution is -2.45. The summed E-state index contributed by atoms with van der Waals surface area (Å²) in [5, 5.41) is 2.55. The number of nitrogens with zero attached hydrogens (tertiary/aromatic N) is 3. The van der Waals surface area contributed by atoms with E-state index in [0.717, 1.165) is 30.7 Å². The predicted octanol–water partition coefficient (Wildman–Crippen LogP) is 4.26. The van der Waals surface area contributed by atoms with Gasteiger partial charge in [0.2, 0.25) is 5.91 Å². The molecule has 1 aliphatic carbocycles. The molecule has 6 nitrogen and oxygen atoms in total. The fourth-order valence-corrected chi connectivity index (χ4v) is 3.22. The number of urea groups is 1. The number of amides is 3. The van der Waals surface area contributed by atoms with Crippen LogP contribution in [0.3, 0.4) is 0 Å². The normalized spacial score (nSPS) is 13.5. The third-order valence-electron chi connectivity index (χ3n) is 5.12. The lowest BCUT2D eigenvalue weighted by molar-refractivity contribution is -0.137. The van der Waals surface area contributed by atoms with E-state index in [1.54, 1.807) is 4.90 Å². The number of alkyl halides is 3. The zero-order valence-electron chi connectivity index (χ0n) is 17.2. The van der Waals surface area contributed by atoms with E-state index in [2.05, 4.69) is 11.9 Å². The van der Waals surface area contributed by atoms with Crippen LogP contribution in [0.4, 0.5) is 23.7 Å². The molecule has 0 saturated heterocycles. The number of aryl methyl sites for hydroxylation is 1. The minimum Gasteiger partial charge on any atom is -0.353 e. The number of rotatable bonds is 8. The number of hydrogen-bond donors (Lipinski definition) is 1. The highest BCUT2D eigenvalue weighted by Crippen LogP contribution is 2.30. The van der Waals surface area contributed by atoms with Crippen molar-refractivity contribution in [2.75, 3.05) is 18.4 Å². The number of carbonyl (C=O) groups is 2. The Morgan fingerprint density at radius 3 is 2.42 bits per heavy atom. The standard InChI is InChI=1S/C22H25F3N4O2/c1-3-12-28(21(31)26-17-8-6-16(7-9-17)22(23,24)25)15-20(30)29(18-10-11-18)14-19-5-4-13-27(19)2/h3-9,13,18H,1,10-12,14-15H2,2H3,(H,26,31). The van der Waals surface area contributed by atoms with Gasteiger partial charge in [0.25, 0.3) is 0 Å². The summed E-state index contributed by atoms with van der Waals surface area (Å²) < 4.78 is 40.1. The van der Waals surface area contributed by atoms with Crippen molar-refractivity contribution in [2.45, 2.75) is 31.6 Å². The highest BCUT2D eigenvalue weighted by atomic mass is 19.4. The summed E-state index contributed by atoms with van der Waals surface area (Å²) in [5.74, 6) is -0.187. The minimum atomic E-state index is -4.45. The Bertz CT molecular complexity index is 933. The summed E-state index contributed by atoms with van der Waals surface area (Å²) in [4.78, 5) is 28.7. The Morgan fingerprint density at radius 2 is 1.90 bits per heavy atom. The van der Waals surface area contributed by atoms with Crippen molar-refractivity contribution in [1.82, 2.24) is 14.4 Å². The smallest absolute Gasteiger partial charge is 0.353 e. The quantitative estimate of drug-likeness (QED) is 0.632. The molecule has 31 heavy (non-hydrogen) atoms. The molecule has 2 aromatic rings. The molecule has 1 heterocycles. The van der Waals surface area contributed by atoms with E-state index in [1.165, 1.54) is 23.1 Å². The van der Waals surface area contributed by atoms with Crippen LogP contribution in [0.5, 0.6) is 0 Å². The molecule has 9 heteroatoms. The van der Waals surface area contributed by atoms with Crippen molar-refractivity contribution < 1.29 is 22.8 Å². The van der Waals surface area contributed by atoms with E-state index >= 15 is 0 Å². The molecule has 0 bridgehead atoms. The molecule has 0 atom stereocenters. The molecule has 3 amide bonds. The number of halogens is 3. The monoisotopic (exact) mass is 434 g/mol. The first-order chi connectivity index (χ1) is 14.7. The number of hydrogen-bond acceptors (Lipinski definition) is 2. The fraction of sp³-hybridized carbons (Fsp3) is 0.364. The van der Waals surface area contributed by atoms with Gasteiger partial charge >= 0.3 is 12.2 Å². The van der Waals surface area contributed by atoms with E-state index < -0.39 is 17.8 Å². The summed E-state index contributed by atoms with van der Waals surface area (Å²) in [6.07, 6.45) is 0.809. The molecule has 1 aliphatic rings. The Balaban J connectivity index is 1.66. The van der Waals surface area contributed by atoms with Gasteiger partial charge in [-0.1, -0.05) is 6.08 Å². The van der Waals surface area contributed by atoms with Gasteiger partial charge in [-0.2, -0.15) is 13.2 Å². The first kappa shape index (κ1) is 22.5. The molecule has 0 radical (unpaired) electrons. The molecule has 0 spiro atoms. The van der Waals surface area contributed by atoms with Crippen LogP contribution in [0.15, 0.2) is 55.3 Å². The second-order valence-electron chi connectivity index (χ2n) is 7.54. The van der Waals surface area contributed by atoms with Crippen LogP contribution in [-0.2, 0) is 24.6 Å². The zero-order valence-corrected chi connectivity index (χ0v) is 17.2. The number of nitrogens with one attached hydrogen (secondary N) is 1. The van der Waals surface area contributed by atoms with E-state index in [-0.39, 0.29) is 30.7 Å². The van der Waals surface area contributed by atoms with Gasteiger partial charge < -0.3 is 19.7 Å². The molecule has 0 unspecified atom stereocenters. The summed E-state index contributed by atoms with van der Waals surface area (Å²) in [7, 11) is 1.91. The summed E-state index contributed by atoms with van der Waals surface area (Å²) >= 11 is 0. The second kappa shape index (κ2) is 9.28. The highest BCUT2D eigenvalue weighted by Gasteiger charge is 2.34. The first-order valence-corrected chi connectivity index (χ1v) is 9.93. The molecule has 0 aliphatic heterocycles. The molecule has 1 aromatic heterocycles. The third-order valence-corrected chi connectivity index (χ3v) is 5.12. The number of aromatic nitrogens is 1. The second-order valence-corrected chi connectivity index (χ2v) is 7.54. The number of anilines is 1. The molecule has 3 rings (SSSR count). The average Bonchev–Trinajstić information content (AvgIpc) is 3.47. The Hall–Kier alpha value is -3.23. The third kappa shape index (κ3) is 5.90. The first-order valence-electron chi connectivity index (χ1n) is 9.93. The van der Waals surface area contributed by atoms with Crippen LogP contribution in [0, 0.1) is 0 Å². The van der Waals surface area contributed by atoms with Gasteiger partial charge in [-0.15, -0.1) is 6.58 Å².